The third-order valence-electron chi connectivity index (χ3n) is 10.1. The number of phosphoric acid groups is 1. The Labute approximate surface area is 344 Å². The van der Waals surface area contributed by atoms with E-state index in [9.17, 15) is 24.2 Å². The van der Waals surface area contributed by atoms with Crippen molar-refractivity contribution in [3.05, 3.63) is 24.3 Å². The number of ether oxygens (including phenoxy) is 1. The molecule has 9 nitrogen and oxygen atoms in total. The number of nitrogens with one attached hydrogen (secondary N) is 1. The van der Waals surface area contributed by atoms with Gasteiger partial charge in [-0.1, -0.05) is 173 Å². The molecule has 330 valence electrons. The Morgan fingerprint density at radius 3 is 1.34 bits per heavy atom. The topological polar surface area (TPSA) is 131 Å². The molecule has 0 aromatic rings. The molecule has 0 aromatic carbocycles. The molecule has 0 aliphatic carbocycles. The van der Waals surface area contributed by atoms with Crippen molar-refractivity contribution < 1.29 is 37.9 Å². The average Bonchev–Trinajstić information content (AvgIpc) is 3.18. The molecule has 0 fully saturated rings. The average molecular weight is 814 g/mol. The van der Waals surface area contributed by atoms with Gasteiger partial charge in [-0.25, -0.2) is 4.57 Å². The molecule has 0 heterocycles. The van der Waals surface area contributed by atoms with Crippen LogP contribution in [0.1, 0.15) is 226 Å². The van der Waals surface area contributed by atoms with Gasteiger partial charge in [-0.15, -0.1) is 0 Å². The number of phosphoric ester groups is 1. The zero-order chi connectivity index (χ0) is 41.1. The quantitative estimate of drug-likeness (QED) is 0.0240. The maximum atomic E-state index is 12.1. The van der Waals surface area contributed by atoms with Crippen molar-refractivity contribution in [3.8, 4) is 0 Å². The van der Waals surface area contributed by atoms with E-state index in [0.29, 0.717) is 6.42 Å². The van der Waals surface area contributed by atoms with Gasteiger partial charge in [-0.05, 0) is 64.2 Å². The fourth-order valence-electron chi connectivity index (χ4n) is 6.55. The summed E-state index contributed by atoms with van der Waals surface area (Å²) in [6, 6.07) is 0. The van der Waals surface area contributed by atoms with E-state index in [2.05, 4.69) is 43.5 Å². The van der Waals surface area contributed by atoms with Crippen molar-refractivity contribution in [1.82, 2.24) is 5.32 Å². The van der Waals surface area contributed by atoms with Crippen LogP contribution in [0, 0.1) is 0 Å². The highest BCUT2D eigenvalue weighted by Gasteiger charge is 2.23. The number of allylic oxidation sites excluding steroid dienone is 4. The smallest absolute Gasteiger partial charge is 0.463 e. The molecule has 0 aliphatic heterocycles. The summed E-state index contributed by atoms with van der Waals surface area (Å²) in [6.45, 7) is 3.55. The first-order chi connectivity index (χ1) is 27.3. The molecule has 2 unspecified atom stereocenters. The summed E-state index contributed by atoms with van der Waals surface area (Å²) >= 11 is 0. The summed E-state index contributed by atoms with van der Waals surface area (Å²) < 4.78 is 26.9. The standard InChI is InChI=1S/C46H88NO8P/c1-3-5-7-9-11-13-15-17-19-20-21-22-23-24-25-26-28-30-32-34-36-38-45(49)47-40-41-54-56(51,52)55-43-44(48)42-53-46(50)39-37-35-33-31-29-27-18-16-14-12-10-8-6-4-2/h16-19,44,48H,3-15,20-43H2,1-2H3,(H,47,49)(H,51,52)/b18-16-,19-17+. The molecule has 56 heavy (non-hydrogen) atoms. The van der Waals surface area contributed by atoms with Crippen molar-refractivity contribution in [2.24, 2.45) is 0 Å². The Morgan fingerprint density at radius 2 is 0.911 bits per heavy atom. The molecule has 0 aliphatic rings. The molecule has 0 bridgehead atoms. The predicted molar refractivity (Wildman–Crippen MR) is 234 cm³/mol. The summed E-state index contributed by atoms with van der Waals surface area (Å²) in [5.41, 5.74) is 0. The van der Waals surface area contributed by atoms with Crippen LogP contribution in [0.3, 0.4) is 0 Å². The van der Waals surface area contributed by atoms with Crippen LogP contribution in [0.4, 0.5) is 0 Å². The van der Waals surface area contributed by atoms with Crippen molar-refractivity contribution >= 4 is 19.7 Å². The second-order valence-electron chi connectivity index (χ2n) is 15.7. The monoisotopic (exact) mass is 814 g/mol. The van der Waals surface area contributed by atoms with Crippen LogP contribution in [0.5, 0.6) is 0 Å². The van der Waals surface area contributed by atoms with Gasteiger partial charge in [0, 0.05) is 19.4 Å². The highest BCUT2D eigenvalue weighted by Crippen LogP contribution is 2.42. The number of unbranched alkanes of at least 4 members (excludes halogenated alkanes) is 27. The third-order valence-corrected chi connectivity index (χ3v) is 11.1. The second kappa shape index (κ2) is 43.1. The Kier molecular flexibility index (Phi) is 41.9. The van der Waals surface area contributed by atoms with E-state index in [1.165, 1.54) is 141 Å². The molecule has 1 amide bonds. The first-order valence-electron chi connectivity index (χ1n) is 23.3. The minimum absolute atomic E-state index is 0.0825. The van der Waals surface area contributed by atoms with Gasteiger partial charge in [0.25, 0.3) is 0 Å². The largest absolute Gasteiger partial charge is 0.472 e. The zero-order valence-corrected chi connectivity index (χ0v) is 37.2. The highest BCUT2D eigenvalue weighted by molar-refractivity contribution is 7.47. The summed E-state index contributed by atoms with van der Waals surface area (Å²) in [4.78, 5) is 33.9. The van der Waals surface area contributed by atoms with Crippen molar-refractivity contribution in [2.45, 2.75) is 232 Å². The Balaban J connectivity index is 3.56. The van der Waals surface area contributed by atoms with Crippen molar-refractivity contribution in [3.63, 3.8) is 0 Å². The maximum absolute atomic E-state index is 12.1. The number of amides is 1. The van der Waals surface area contributed by atoms with E-state index < -0.39 is 26.5 Å². The number of hydrogen-bond acceptors (Lipinski definition) is 7. The minimum Gasteiger partial charge on any atom is -0.463 e. The summed E-state index contributed by atoms with van der Waals surface area (Å²) in [5.74, 6) is -0.520. The van der Waals surface area contributed by atoms with Crippen LogP contribution in [0.25, 0.3) is 0 Å². The van der Waals surface area contributed by atoms with E-state index in [1.807, 2.05) is 0 Å². The summed E-state index contributed by atoms with van der Waals surface area (Å²) in [7, 11) is -4.42. The lowest BCUT2D eigenvalue weighted by Crippen LogP contribution is -2.27. The van der Waals surface area contributed by atoms with Crippen LogP contribution < -0.4 is 5.32 Å². The predicted octanol–water partition coefficient (Wildman–Crippen LogP) is 13.2. The fraction of sp³-hybridized carbons (Fsp3) is 0.870. The molecule has 0 aromatic heterocycles. The number of aliphatic hydroxyl groups excluding tert-OH is 1. The van der Waals surface area contributed by atoms with E-state index >= 15 is 0 Å². The summed E-state index contributed by atoms with van der Waals surface area (Å²) in [5, 5.41) is 12.7. The van der Waals surface area contributed by atoms with E-state index in [0.717, 1.165) is 57.8 Å². The molecule has 0 radical (unpaired) electrons. The number of esters is 1. The van der Waals surface area contributed by atoms with Crippen LogP contribution in [0.15, 0.2) is 24.3 Å². The number of carbonyl (C=O) groups is 2. The number of carbonyl (C=O) groups excluding carboxylic acids is 2. The Morgan fingerprint density at radius 1 is 0.536 bits per heavy atom. The lowest BCUT2D eigenvalue weighted by molar-refractivity contribution is -0.147. The molecule has 0 rings (SSSR count). The fourth-order valence-corrected chi connectivity index (χ4v) is 7.30. The number of rotatable bonds is 44. The van der Waals surface area contributed by atoms with Gasteiger partial charge in [0.1, 0.15) is 12.7 Å². The van der Waals surface area contributed by atoms with Gasteiger partial charge in [0.15, 0.2) is 0 Å². The molecular weight excluding hydrogens is 725 g/mol. The van der Waals surface area contributed by atoms with E-state index in [4.69, 9.17) is 13.8 Å². The van der Waals surface area contributed by atoms with Crippen LogP contribution in [-0.2, 0) is 27.9 Å². The first-order valence-corrected chi connectivity index (χ1v) is 24.8. The second-order valence-corrected chi connectivity index (χ2v) is 17.2. The first kappa shape index (κ1) is 54.5. The van der Waals surface area contributed by atoms with Gasteiger partial charge in [0.05, 0.1) is 13.2 Å². The van der Waals surface area contributed by atoms with Gasteiger partial charge < -0.3 is 20.1 Å². The molecule has 0 saturated carbocycles. The summed E-state index contributed by atoms with van der Waals surface area (Å²) in [6.07, 6.45) is 46.8. The van der Waals surface area contributed by atoms with Crippen LogP contribution >= 0.6 is 7.82 Å². The van der Waals surface area contributed by atoms with Crippen LogP contribution in [-0.4, -0.2) is 54.3 Å². The van der Waals surface area contributed by atoms with Crippen LogP contribution in [0.2, 0.25) is 0 Å². The zero-order valence-electron chi connectivity index (χ0n) is 36.3. The van der Waals surface area contributed by atoms with Gasteiger partial charge in [-0.2, -0.15) is 0 Å². The van der Waals surface area contributed by atoms with E-state index in [-0.39, 0.29) is 32.1 Å². The molecule has 3 N–H and O–H groups in total. The molecular formula is C46H88NO8P. The van der Waals surface area contributed by atoms with Gasteiger partial charge in [0.2, 0.25) is 5.91 Å². The normalized spacial score (nSPS) is 13.4. The van der Waals surface area contributed by atoms with Crippen molar-refractivity contribution in [2.75, 3.05) is 26.4 Å². The van der Waals surface area contributed by atoms with Gasteiger partial charge >= 0.3 is 13.8 Å². The number of aliphatic hydroxyl groups is 1. The van der Waals surface area contributed by atoms with Gasteiger partial charge in [-0.3, -0.25) is 18.6 Å². The van der Waals surface area contributed by atoms with E-state index in [1.54, 1.807) is 0 Å². The highest BCUT2D eigenvalue weighted by atomic mass is 31.2. The van der Waals surface area contributed by atoms with Crippen molar-refractivity contribution in [1.29, 1.82) is 0 Å². The Bertz CT molecular complexity index is 975. The third kappa shape index (κ3) is 43.6. The lowest BCUT2D eigenvalue weighted by atomic mass is 10.0. The molecule has 0 saturated heterocycles. The maximum Gasteiger partial charge on any atom is 0.472 e. The Hall–Kier alpha value is -1.51. The SMILES string of the molecule is CCCCCCC/C=C\CCCCCCCC(=O)OCC(O)COP(=O)(O)OCCNC(=O)CCCCCCCCCCCCC/C=C/CCCCCCCC. The minimum atomic E-state index is -4.42. The number of hydrogen-bond donors (Lipinski definition) is 3. The lowest BCUT2D eigenvalue weighted by Gasteiger charge is -2.15. The molecule has 2 atom stereocenters. The molecule has 10 heteroatoms. The molecule has 0 spiro atoms.